The molecular formula is C22H17N3O2. The van der Waals surface area contributed by atoms with Gasteiger partial charge in [0.25, 0.3) is 5.56 Å². The van der Waals surface area contributed by atoms with Gasteiger partial charge in [-0.05, 0) is 16.7 Å². The Kier molecular flexibility index (Phi) is 4.74. The summed E-state index contributed by atoms with van der Waals surface area (Å²) in [5, 5.41) is 0.748. The smallest absolute Gasteiger partial charge is 0.285 e. The summed E-state index contributed by atoms with van der Waals surface area (Å²) in [5.74, 6) is 0. The maximum atomic E-state index is 12.6. The summed E-state index contributed by atoms with van der Waals surface area (Å²) in [6.07, 6.45) is 6.95. The van der Waals surface area contributed by atoms with Gasteiger partial charge in [0.05, 0.1) is 0 Å². The molecule has 0 amide bonds. The molecule has 4 rings (SSSR count). The summed E-state index contributed by atoms with van der Waals surface area (Å²) >= 11 is 0. The summed E-state index contributed by atoms with van der Waals surface area (Å²) < 4.78 is 1.23. The summed E-state index contributed by atoms with van der Waals surface area (Å²) in [6.45, 7) is 0.277. The van der Waals surface area contributed by atoms with Crippen molar-refractivity contribution >= 4 is 23.2 Å². The van der Waals surface area contributed by atoms with E-state index >= 15 is 0 Å². The molecule has 2 heterocycles. The predicted molar refractivity (Wildman–Crippen MR) is 106 cm³/mol. The summed E-state index contributed by atoms with van der Waals surface area (Å²) in [6, 6.07) is 21.1. The topological polar surface area (TPSA) is 57.0 Å². The van der Waals surface area contributed by atoms with E-state index in [1.807, 2.05) is 72.8 Å². The largest absolute Gasteiger partial charge is 0.404 e. The molecule has 0 radical (unpaired) electrons. The number of benzene rings is 2. The van der Waals surface area contributed by atoms with Crippen molar-refractivity contribution in [3.05, 3.63) is 106 Å². The first kappa shape index (κ1) is 16.7. The molecule has 0 aliphatic carbocycles. The molecule has 2 aromatic heterocycles. The van der Waals surface area contributed by atoms with Crippen LogP contribution < -0.4 is 10.4 Å². The van der Waals surface area contributed by atoms with Crippen molar-refractivity contribution in [1.29, 1.82) is 0 Å². The molecular weight excluding hydrogens is 338 g/mol. The third-order valence-electron chi connectivity index (χ3n) is 4.13. The van der Waals surface area contributed by atoms with E-state index in [-0.39, 0.29) is 12.2 Å². The highest BCUT2D eigenvalue weighted by molar-refractivity contribution is 5.87. The molecule has 0 spiro atoms. The lowest BCUT2D eigenvalue weighted by Crippen LogP contribution is -2.27. The Morgan fingerprint density at radius 1 is 0.963 bits per heavy atom. The normalized spacial score (nSPS) is 11.1. The van der Waals surface area contributed by atoms with Crippen molar-refractivity contribution in [2.45, 2.75) is 6.61 Å². The maximum absolute atomic E-state index is 12.6. The van der Waals surface area contributed by atoms with Gasteiger partial charge in [-0.3, -0.25) is 4.79 Å². The van der Waals surface area contributed by atoms with Gasteiger partial charge in [0.15, 0.2) is 5.65 Å². The Morgan fingerprint density at radius 3 is 2.48 bits per heavy atom. The van der Waals surface area contributed by atoms with Gasteiger partial charge >= 0.3 is 0 Å². The van der Waals surface area contributed by atoms with E-state index in [2.05, 4.69) is 9.97 Å². The number of hydrogen-bond donors (Lipinski definition) is 0. The first-order valence-corrected chi connectivity index (χ1v) is 8.57. The fourth-order valence-electron chi connectivity index (χ4n) is 2.79. The summed E-state index contributed by atoms with van der Waals surface area (Å²) in [5.41, 5.74) is 2.94. The van der Waals surface area contributed by atoms with Crippen molar-refractivity contribution in [2.75, 3.05) is 0 Å². The monoisotopic (exact) mass is 355 g/mol. The van der Waals surface area contributed by atoms with Crippen molar-refractivity contribution in [3.8, 4) is 0 Å². The van der Waals surface area contributed by atoms with E-state index in [0.29, 0.717) is 5.65 Å². The Morgan fingerprint density at radius 2 is 1.70 bits per heavy atom. The zero-order valence-electron chi connectivity index (χ0n) is 14.5. The molecule has 4 aromatic rings. The molecule has 0 N–H and O–H groups in total. The molecule has 2 aromatic carbocycles. The van der Waals surface area contributed by atoms with Crippen molar-refractivity contribution in [3.63, 3.8) is 0 Å². The molecule has 0 unspecified atom stereocenters. The third kappa shape index (κ3) is 3.77. The molecule has 0 saturated carbocycles. The Hall–Kier alpha value is -3.73. The SMILES string of the molecule is O=c1cc(C=Cc2ccccc2)c2cncnc2n1OCc1ccccc1. The molecule has 0 aliphatic heterocycles. The van der Waals surface area contributed by atoms with Gasteiger partial charge in [0.2, 0.25) is 0 Å². The van der Waals surface area contributed by atoms with Crippen LogP contribution in [0.1, 0.15) is 16.7 Å². The standard InChI is InChI=1S/C22H17N3O2/c26-21-13-19(12-11-17-7-3-1-4-8-17)20-14-23-16-24-22(20)25(21)27-15-18-9-5-2-6-10-18/h1-14,16H,15H2. The van der Waals surface area contributed by atoms with Gasteiger partial charge in [0, 0.05) is 17.6 Å². The molecule has 0 aliphatic rings. The second-order valence-electron chi connectivity index (χ2n) is 6.00. The molecule has 0 atom stereocenters. The number of hydrogen-bond acceptors (Lipinski definition) is 4. The fraction of sp³-hybridized carbons (Fsp3) is 0.0455. The van der Waals surface area contributed by atoms with Crippen molar-refractivity contribution in [2.24, 2.45) is 0 Å². The second-order valence-corrected chi connectivity index (χ2v) is 6.00. The highest BCUT2D eigenvalue weighted by Gasteiger charge is 2.10. The lowest BCUT2D eigenvalue weighted by Gasteiger charge is -2.12. The maximum Gasteiger partial charge on any atom is 0.285 e. The van der Waals surface area contributed by atoms with Crippen LogP contribution in [0.2, 0.25) is 0 Å². The average molecular weight is 355 g/mol. The van der Waals surface area contributed by atoms with Gasteiger partial charge in [-0.2, -0.15) is 0 Å². The highest BCUT2D eigenvalue weighted by atomic mass is 16.7. The first-order valence-electron chi connectivity index (χ1n) is 8.57. The number of rotatable bonds is 5. The molecule has 0 fully saturated rings. The minimum Gasteiger partial charge on any atom is -0.404 e. The molecule has 0 saturated heterocycles. The zero-order chi connectivity index (χ0) is 18.5. The van der Waals surface area contributed by atoms with E-state index in [1.165, 1.54) is 17.1 Å². The van der Waals surface area contributed by atoms with Crippen LogP contribution in [0.5, 0.6) is 0 Å². The second kappa shape index (κ2) is 7.66. The van der Waals surface area contributed by atoms with Gasteiger partial charge < -0.3 is 4.84 Å². The van der Waals surface area contributed by atoms with E-state index in [1.54, 1.807) is 6.20 Å². The predicted octanol–water partition coefficient (Wildman–Crippen LogP) is 3.59. The quantitative estimate of drug-likeness (QED) is 0.549. The minimum absolute atomic E-state index is 0.273. The average Bonchev–Trinajstić information content (AvgIpc) is 2.73. The number of fused-ring (bicyclic) bond motifs is 1. The molecule has 5 nitrogen and oxygen atoms in total. The number of aromatic nitrogens is 3. The highest BCUT2D eigenvalue weighted by Crippen LogP contribution is 2.16. The third-order valence-corrected chi connectivity index (χ3v) is 4.13. The molecule has 5 heteroatoms. The van der Waals surface area contributed by atoms with Gasteiger partial charge in [-0.1, -0.05) is 72.8 Å². The number of nitrogens with zero attached hydrogens (tertiary/aromatic N) is 3. The van der Waals surface area contributed by atoms with Gasteiger partial charge in [-0.25, -0.2) is 9.97 Å². The minimum atomic E-state index is -0.273. The van der Waals surface area contributed by atoms with E-state index in [9.17, 15) is 4.79 Å². The Labute approximate surface area is 156 Å². The lowest BCUT2D eigenvalue weighted by atomic mass is 10.1. The fourth-order valence-corrected chi connectivity index (χ4v) is 2.79. The summed E-state index contributed by atoms with van der Waals surface area (Å²) in [4.78, 5) is 26.7. The van der Waals surface area contributed by atoms with Crippen LogP contribution in [0.25, 0.3) is 23.2 Å². The zero-order valence-corrected chi connectivity index (χ0v) is 14.5. The van der Waals surface area contributed by atoms with Crippen LogP contribution in [0.4, 0.5) is 0 Å². The summed E-state index contributed by atoms with van der Waals surface area (Å²) in [7, 11) is 0. The Bertz CT molecular complexity index is 1140. The van der Waals surface area contributed by atoms with Crippen LogP contribution in [-0.2, 0) is 6.61 Å². The van der Waals surface area contributed by atoms with Crippen LogP contribution in [0.3, 0.4) is 0 Å². The number of pyridine rings is 1. The van der Waals surface area contributed by atoms with Crippen LogP contribution in [-0.4, -0.2) is 14.7 Å². The van der Waals surface area contributed by atoms with E-state index in [0.717, 1.165) is 22.1 Å². The lowest BCUT2D eigenvalue weighted by molar-refractivity contribution is 0.0979. The van der Waals surface area contributed by atoms with Crippen LogP contribution in [0, 0.1) is 0 Å². The molecule has 27 heavy (non-hydrogen) atoms. The van der Waals surface area contributed by atoms with Crippen LogP contribution in [0.15, 0.2) is 84.0 Å². The van der Waals surface area contributed by atoms with Crippen molar-refractivity contribution < 1.29 is 4.84 Å². The van der Waals surface area contributed by atoms with E-state index in [4.69, 9.17) is 4.84 Å². The van der Waals surface area contributed by atoms with Crippen LogP contribution >= 0.6 is 0 Å². The van der Waals surface area contributed by atoms with Gasteiger partial charge in [-0.15, -0.1) is 4.73 Å². The van der Waals surface area contributed by atoms with E-state index < -0.39 is 0 Å². The molecule has 0 bridgehead atoms. The molecule has 132 valence electrons. The van der Waals surface area contributed by atoms with Gasteiger partial charge in [0.1, 0.15) is 12.9 Å². The Balaban J connectivity index is 1.71. The van der Waals surface area contributed by atoms with Crippen molar-refractivity contribution in [1.82, 2.24) is 14.7 Å². The first-order chi connectivity index (χ1) is 13.3.